The highest BCUT2D eigenvalue weighted by molar-refractivity contribution is 5.60. The van der Waals surface area contributed by atoms with Crippen LogP contribution in [0.3, 0.4) is 0 Å². The molecule has 0 radical (unpaired) electrons. The number of aryl methyl sites for hydroxylation is 1. The monoisotopic (exact) mass is 462 g/mol. The fraction of sp³-hybridized carbons (Fsp3) is 0.292. The molecule has 174 valence electrons. The van der Waals surface area contributed by atoms with Crippen molar-refractivity contribution in [2.24, 2.45) is 7.05 Å². The van der Waals surface area contributed by atoms with E-state index in [1.807, 2.05) is 29.2 Å². The summed E-state index contributed by atoms with van der Waals surface area (Å²) in [4.78, 5) is 27.4. The molecule has 34 heavy (non-hydrogen) atoms. The minimum atomic E-state index is -0.525. The average molecular weight is 462 g/mol. The van der Waals surface area contributed by atoms with Crippen LogP contribution in [-0.2, 0) is 11.8 Å². The van der Waals surface area contributed by atoms with E-state index in [9.17, 15) is 9.18 Å². The Morgan fingerprint density at radius 2 is 1.97 bits per heavy atom. The van der Waals surface area contributed by atoms with Crippen LogP contribution < -0.4 is 10.5 Å². The van der Waals surface area contributed by atoms with Gasteiger partial charge in [0.1, 0.15) is 6.10 Å². The SMILES string of the molecule is Cc1nc(-c2ccc([C@@H]3CN(c4nc(-c5ccncc5F)cc(=O)n4C)CCCO3)cc2)no1. The molecule has 1 fully saturated rings. The lowest BCUT2D eigenvalue weighted by Gasteiger charge is -2.27. The van der Waals surface area contributed by atoms with Crippen molar-refractivity contribution in [3.05, 3.63) is 76.4 Å². The standard InChI is InChI=1S/C24H23FN6O3/c1-15-27-23(29-34-15)17-6-4-16(5-7-17)21-14-31(10-3-11-33-21)24-28-20(12-22(32)30(24)2)18-8-9-26-13-19(18)25/h4-9,12-13,21H,3,10-11,14H2,1-2H3/t21-/m0/s1. The first-order valence-corrected chi connectivity index (χ1v) is 10.9. The van der Waals surface area contributed by atoms with E-state index in [-0.39, 0.29) is 22.9 Å². The molecule has 0 N–H and O–H groups in total. The summed E-state index contributed by atoms with van der Waals surface area (Å²) < 4.78 is 27.0. The van der Waals surface area contributed by atoms with Gasteiger partial charge in [-0.1, -0.05) is 29.4 Å². The third-order valence-corrected chi connectivity index (χ3v) is 5.79. The number of ether oxygens (including phenoxy) is 1. The second-order valence-electron chi connectivity index (χ2n) is 8.11. The second kappa shape index (κ2) is 9.14. The van der Waals surface area contributed by atoms with Gasteiger partial charge in [-0.15, -0.1) is 0 Å². The Hall–Kier alpha value is -3.92. The van der Waals surface area contributed by atoms with Gasteiger partial charge in [0.25, 0.3) is 5.56 Å². The Kier molecular flexibility index (Phi) is 5.89. The van der Waals surface area contributed by atoms with Crippen molar-refractivity contribution in [3.63, 3.8) is 0 Å². The smallest absolute Gasteiger partial charge is 0.255 e. The van der Waals surface area contributed by atoms with Crippen molar-refractivity contribution in [2.45, 2.75) is 19.4 Å². The normalized spacial score (nSPS) is 16.4. The maximum absolute atomic E-state index is 14.3. The Bertz CT molecular complexity index is 1370. The van der Waals surface area contributed by atoms with Crippen LogP contribution in [0.5, 0.6) is 0 Å². The molecule has 9 nitrogen and oxygen atoms in total. The molecule has 0 spiro atoms. The lowest BCUT2D eigenvalue weighted by atomic mass is 10.1. The molecule has 4 heterocycles. The Balaban J connectivity index is 1.45. The number of rotatable bonds is 4. The van der Waals surface area contributed by atoms with Crippen LogP contribution in [0.2, 0.25) is 0 Å². The van der Waals surface area contributed by atoms with Crippen LogP contribution in [0.25, 0.3) is 22.6 Å². The summed E-state index contributed by atoms with van der Waals surface area (Å²) >= 11 is 0. The number of hydrogen-bond acceptors (Lipinski definition) is 8. The van der Waals surface area contributed by atoms with Gasteiger partial charge in [-0.2, -0.15) is 4.98 Å². The molecular formula is C24H23FN6O3. The summed E-state index contributed by atoms with van der Waals surface area (Å²) in [7, 11) is 1.67. The zero-order valence-electron chi connectivity index (χ0n) is 18.8. The maximum atomic E-state index is 14.3. The van der Waals surface area contributed by atoms with Crippen molar-refractivity contribution in [3.8, 4) is 22.6 Å². The zero-order chi connectivity index (χ0) is 23.7. The first-order valence-electron chi connectivity index (χ1n) is 10.9. The van der Waals surface area contributed by atoms with Gasteiger partial charge in [0.15, 0.2) is 5.82 Å². The molecule has 1 saturated heterocycles. The van der Waals surface area contributed by atoms with Gasteiger partial charge in [0.2, 0.25) is 17.7 Å². The van der Waals surface area contributed by atoms with Gasteiger partial charge in [0, 0.05) is 50.5 Å². The molecule has 0 aliphatic carbocycles. The number of hydrogen-bond donors (Lipinski definition) is 0. The molecule has 1 aliphatic heterocycles. The van der Waals surface area contributed by atoms with E-state index in [1.165, 1.54) is 22.9 Å². The maximum Gasteiger partial charge on any atom is 0.255 e. The fourth-order valence-electron chi connectivity index (χ4n) is 4.00. The third kappa shape index (κ3) is 4.32. The first-order chi connectivity index (χ1) is 16.5. The van der Waals surface area contributed by atoms with Crippen molar-refractivity contribution >= 4 is 5.95 Å². The molecule has 10 heteroatoms. The van der Waals surface area contributed by atoms with Crippen LogP contribution in [-0.4, -0.2) is 44.4 Å². The van der Waals surface area contributed by atoms with Crippen LogP contribution in [0.15, 0.2) is 58.1 Å². The first kappa shape index (κ1) is 21.9. The number of pyridine rings is 1. The predicted octanol–water partition coefficient (Wildman–Crippen LogP) is 3.31. The number of aromatic nitrogens is 5. The summed E-state index contributed by atoms with van der Waals surface area (Å²) in [5.74, 6) is 0.983. The van der Waals surface area contributed by atoms with E-state index in [0.717, 1.165) is 23.7 Å². The van der Waals surface area contributed by atoms with Crippen LogP contribution in [0.1, 0.15) is 24.0 Å². The third-order valence-electron chi connectivity index (χ3n) is 5.79. The van der Waals surface area contributed by atoms with E-state index in [0.29, 0.717) is 37.4 Å². The molecule has 0 amide bonds. The van der Waals surface area contributed by atoms with Crippen molar-refractivity contribution in [1.29, 1.82) is 0 Å². The van der Waals surface area contributed by atoms with Gasteiger partial charge >= 0.3 is 0 Å². The molecule has 1 atom stereocenters. The molecular weight excluding hydrogens is 439 g/mol. The van der Waals surface area contributed by atoms with Crippen molar-refractivity contribution < 1.29 is 13.7 Å². The van der Waals surface area contributed by atoms with E-state index in [4.69, 9.17) is 9.26 Å². The van der Waals surface area contributed by atoms with E-state index >= 15 is 0 Å². The highest BCUT2D eigenvalue weighted by Gasteiger charge is 2.24. The van der Waals surface area contributed by atoms with Gasteiger partial charge in [-0.05, 0) is 18.1 Å². The Morgan fingerprint density at radius 1 is 1.15 bits per heavy atom. The van der Waals surface area contributed by atoms with Crippen LogP contribution in [0, 0.1) is 12.7 Å². The largest absolute Gasteiger partial charge is 0.372 e. The van der Waals surface area contributed by atoms with Gasteiger partial charge < -0.3 is 14.2 Å². The molecule has 1 aromatic carbocycles. The minimum absolute atomic E-state index is 0.234. The van der Waals surface area contributed by atoms with Crippen LogP contribution >= 0.6 is 0 Å². The highest BCUT2D eigenvalue weighted by atomic mass is 19.1. The fourth-order valence-corrected chi connectivity index (χ4v) is 4.00. The van der Waals surface area contributed by atoms with E-state index < -0.39 is 5.82 Å². The zero-order valence-corrected chi connectivity index (χ0v) is 18.8. The number of nitrogens with zero attached hydrogens (tertiary/aromatic N) is 6. The molecule has 3 aromatic heterocycles. The quantitative estimate of drug-likeness (QED) is 0.456. The summed E-state index contributed by atoms with van der Waals surface area (Å²) in [6.45, 7) is 3.46. The molecule has 4 aromatic rings. The summed E-state index contributed by atoms with van der Waals surface area (Å²) in [6, 6.07) is 10.7. The van der Waals surface area contributed by atoms with Gasteiger partial charge in [0.05, 0.1) is 18.4 Å². The van der Waals surface area contributed by atoms with Gasteiger partial charge in [-0.3, -0.25) is 14.3 Å². The van der Waals surface area contributed by atoms with Gasteiger partial charge in [-0.25, -0.2) is 9.37 Å². The van der Waals surface area contributed by atoms with Crippen molar-refractivity contribution in [2.75, 3.05) is 24.6 Å². The Morgan fingerprint density at radius 3 is 2.71 bits per heavy atom. The summed E-state index contributed by atoms with van der Waals surface area (Å²) in [5.41, 5.74) is 2.08. The minimum Gasteiger partial charge on any atom is -0.372 e. The van der Waals surface area contributed by atoms with Crippen LogP contribution in [0.4, 0.5) is 10.3 Å². The molecule has 0 unspecified atom stereocenters. The molecule has 5 rings (SSSR count). The highest BCUT2D eigenvalue weighted by Crippen LogP contribution is 2.28. The number of anilines is 1. The summed E-state index contributed by atoms with van der Waals surface area (Å²) in [6.07, 6.45) is 3.12. The van der Waals surface area contributed by atoms with E-state index in [1.54, 1.807) is 14.0 Å². The number of benzene rings is 1. The van der Waals surface area contributed by atoms with E-state index in [2.05, 4.69) is 20.1 Å². The second-order valence-corrected chi connectivity index (χ2v) is 8.11. The topological polar surface area (TPSA) is 99.2 Å². The molecule has 0 bridgehead atoms. The lowest BCUT2D eigenvalue weighted by Crippen LogP contribution is -2.34. The molecule has 1 aliphatic rings. The molecule has 0 saturated carbocycles. The summed E-state index contributed by atoms with van der Waals surface area (Å²) in [5, 5.41) is 3.96. The predicted molar refractivity (Wildman–Crippen MR) is 123 cm³/mol. The Labute approximate surface area is 194 Å². The van der Waals surface area contributed by atoms with Crippen molar-refractivity contribution in [1.82, 2.24) is 24.7 Å². The number of halogens is 1. The lowest BCUT2D eigenvalue weighted by molar-refractivity contribution is 0.0685. The average Bonchev–Trinajstić information content (AvgIpc) is 3.13.